The maximum absolute atomic E-state index is 10.0. The summed E-state index contributed by atoms with van der Waals surface area (Å²) in [5.74, 6) is 0.132. The number of halogens is 1. The highest BCUT2D eigenvalue weighted by molar-refractivity contribution is 6.32. The Morgan fingerprint density at radius 2 is 2.06 bits per heavy atom. The molecule has 4 heteroatoms. The lowest BCUT2D eigenvalue weighted by Gasteiger charge is -2.23. The first-order chi connectivity index (χ1) is 7.89. The van der Waals surface area contributed by atoms with E-state index < -0.39 is 0 Å². The minimum atomic E-state index is 0.00293. The third kappa shape index (κ3) is 2.39. The van der Waals surface area contributed by atoms with Crippen LogP contribution in [-0.2, 0) is 5.41 Å². The Bertz CT molecular complexity index is 463. The highest BCUT2D eigenvalue weighted by atomic mass is 35.5. The molecule has 1 aromatic carbocycles. The van der Waals surface area contributed by atoms with Gasteiger partial charge < -0.3 is 10.0 Å². The number of aliphatic imine (C=N–C) groups is 1. The van der Waals surface area contributed by atoms with E-state index in [0.717, 1.165) is 24.3 Å². The van der Waals surface area contributed by atoms with Gasteiger partial charge >= 0.3 is 0 Å². The average Bonchev–Trinajstić information content (AvgIpc) is 2.73. The molecule has 0 radical (unpaired) electrons. The molecule has 1 aromatic rings. The fourth-order valence-corrected chi connectivity index (χ4v) is 2.01. The number of phenolic OH excluding ortho intramolecular Hbond substituents is 1. The Hall–Kier alpha value is -1.22. The quantitative estimate of drug-likeness (QED) is 0.833. The minimum Gasteiger partial charge on any atom is -0.504 e. The normalized spacial score (nSPS) is 15.6. The van der Waals surface area contributed by atoms with E-state index in [4.69, 9.17) is 11.6 Å². The van der Waals surface area contributed by atoms with Gasteiger partial charge in [0.05, 0.1) is 23.6 Å². The van der Waals surface area contributed by atoms with Gasteiger partial charge in [-0.1, -0.05) is 32.4 Å². The molecule has 1 aliphatic heterocycles. The van der Waals surface area contributed by atoms with Gasteiger partial charge in [-0.2, -0.15) is 0 Å². The van der Waals surface area contributed by atoms with Gasteiger partial charge in [0, 0.05) is 6.54 Å². The summed E-state index contributed by atoms with van der Waals surface area (Å²) in [5, 5.41) is 10.4. The van der Waals surface area contributed by atoms with Crippen LogP contribution in [0.25, 0.3) is 0 Å². The van der Waals surface area contributed by atoms with Crippen molar-refractivity contribution in [2.24, 2.45) is 4.99 Å². The summed E-state index contributed by atoms with van der Waals surface area (Å²) in [6.45, 7) is 7.92. The lowest BCUT2D eigenvalue weighted by Crippen LogP contribution is -2.20. The van der Waals surface area contributed by atoms with Crippen molar-refractivity contribution in [3.05, 3.63) is 22.7 Å². The van der Waals surface area contributed by atoms with Crippen LogP contribution in [0.3, 0.4) is 0 Å². The van der Waals surface area contributed by atoms with Crippen molar-refractivity contribution in [3.8, 4) is 5.75 Å². The van der Waals surface area contributed by atoms with E-state index in [-0.39, 0.29) is 11.2 Å². The fourth-order valence-electron chi connectivity index (χ4n) is 1.80. The highest BCUT2D eigenvalue weighted by Gasteiger charge is 2.21. The van der Waals surface area contributed by atoms with Gasteiger partial charge in [-0.25, -0.2) is 0 Å². The summed E-state index contributed by atoms with van der Waals surface area (Å²) < 4.78 is 0. The van der Waals surface area contributed by atoms with Crippen molar-refractivity contribution in [1.82, 2.24) is 0 Å². The van der Waals surface area contributed by atoms with Crippen molar-refractivity contribution in [2.45, 2.75) is 26.2 Å². The summed E-state index contributed by atoms with van der Waals surface area (Å²) in [5.41, 5.74) is 1.85. The molecule has 0 saturated heterocycles. The molecule has 1 heterocycles. The summed E-state index contributed by atoms with van der Waals surface area (Å²) in [4.78, 5) is 6.08. The first-order valence-electron chi connectivity index (χ1n) is 5.69. The summed E-state index contributed by atoms with van der Waals surface area (Å²) >= 11 is 6.08. The van der Waals surface area contributed by atoms with Crippen LogP contribution in [0.5, 0.6) is 5.75 Å². The number of hydrogen-bond donors (Lipinski definition) is 1. The van der Waals surface area contributed by atoms with Gasteiger partial charge in [-0.05, 0) is 23.1 Å². The van der Waals surface area contributed by atoms with Gasteiger partial charge in [-0.15, -0.1) is 0 Å². The van der Waals surface area contributed by atoms with Gasteiger partial charge in [0.1, 0.15) is 0 Å². The van der Waals surface area contributed by atoms with Crippen molar-refractivity contribution in [2.75, 3.05) is 18.0 Å². The zero-order chi connectivity index (χ0) is 12.6. The molecule has 1 N–H and O–H groups in total. The van der Waals surface area contributed by atoms with E-state index in [1.165, 1.54) is 0 Å². The Labute approximate surface area is 107 Å². The third-order valence-electron chi connectivity index (χ3n) is 2.91. The molecule has 1 aliphatic rings. The van der Waals surface area contributed by atoms with Gasteiger partial charge in [-0.3, -0.25) is 4.99 Å². The van der Waals surface area contributed by atoms with Crippen LogP contribution < -0.4 is 4.90 Å². The molecule has 0 aliphatic carbocycles. The van der Waals surface area contributed by atoms with Gasteiger partial charge in [0.15, 0.2) is 5.75 Å². The molecule has 0 fully saturated rings. The molecular weight excluding hydrogens is 236 g/mol. The summed E-state index contributed by atoms with van der Waals surface area (Å²) in [6.07, 6.45) is 1.75. The van der Waals surface area contributed by atoms with Crippen molar-refractivity contribution in [1.29, 1.82) is 0 Å². The predicted octanol–water partition coefficient (Wildman–Crippen LogP) is 3.19. The van der Waals surface area contributed by atoms with Gasteiger partial charge in [0.2, 0.25) is 0 Å². The van der Waals surface area contributed by atoms with Gasteiger partial charge in [0.25, 0.3) is 0 Å². The molecule has 0 unspecified atom stereocenters. The minimum absolute atomic E-state index is 0.00293. The fraction of sp³-hybridized carbons (Fsp3) is 0.462. The van der Waals surface area contributed by atoms with E-state index in [0.29, 0.717) is 5.02 Å². The van der Waals surface area contributed by atoms with E-state index in [2.05, 4.69) is 25.8 Å². The molecular formula is C13H17ClN2O. The van der Waals surface area contributed by atoms with Crippen molar-refractivity contribution >= 4 is 23.6 Å². The number of phenols is 1. The molecule has 0 saturated carbocycles. The number of nitrogens with zero attached hydrogens (tertiary/aromatic N) is 2. The SMILES string of the molecule is CC(C)(C)c1cc(Cl)c(O)c(N2C=NCC2)c1. The molecule has 0 aromatic heterocycles. The molecule has 3 nitrogen and oxygen atoms in total. The second-order valence-electron chi connectivity index (χ2n) is 5.29. The van der Waals surface area contributed by atoms with Crippen molar-refractivity contribution in [3.63, 3.8) is 0 Å². The molecule has 0 spiro atoms. The third-order valence-corrected chi connectivity index (χ3v) is 3.20. The summed E-state index contributed by atoms with van der Waals surface area (Å²) in [7, 11) is 0. The first kappa shape index (κ1) is 12.2. The van der Waals surface area contributed by atoms with E-state index >= 15 is 0 Å². The average molecular weight is 253 g/mol. The van der Waals surface area contributed by atoms with Crippen LogP contribution in [0.4, 0.5) is 5.69 Å². The molecule has 2 rings (SSSR count). The zero-order valence-corrected chi connectivity index (χ0v) is 11.1. The van der Waals surface area contributed by atoms with Crippen molar-refractivity contribution < 1.29 is 5.11 Å². The lowest BCUT2D eigenvalue weighted by molar-refractivity contribution is 0.475. The number of anilines is 1. The van der Waals surface area contributed by atoms with Crippen LogP contribution in [0, 0.1) is 0 Å². The van der Waals surface area contributed by atoms with E-state index in [1.54, 1.807) is 6.34 Å². The van der Waals surface area contributed by atoms with Crippen LogP contribution in [0.1, 0.15) is 26.3 Å². The zero-order valence-electron chi connectivity index (χ0n) is 10.4. The maximum Gasteiger partial charge on any atom is 0.157 e. The van der Waals surface area contributed by atoms with Crippen LogP contribution in [-0.4, -0.2) is 24.5 Å². The molecule has 0 amide bonds. The number of hydrogen-bond acceptors (Lipinski definition) is 3. The highest BCUT2D eigenvalue weighted by Crippen LogP contribution is 2.39. The molecule has 0 bridgehead atoms. The van der Waals surface area contributed by atoms with Crippen LogP contribution in [0.15, 0.2) is 17.1 Å². The molecule has 0 atom stereocenters. The maximum atomic E-state index is 10.0. The standard InChI is InChI=1S/C13H17ClN2O/c1-13(2,3)9-6-10(14)12(17)11(7-9)16-5-4-15-8-16/h6-8,17H,4-5H2,1-3H3. The Morgan fingerprint density at radius 3 is 2.59 bits per heavy atom. The molecule has 17 heavy (non-hydrogen) atoms. The van der Waals surface area contributed by atoms with E-state index in [1.807, 2.05) is 17.0 Å². The largest absolute Gasteiger partial charge is 0.504 e. The predicted molar refractivity (Wildman–Crippen MR) is 72.5 cm³/mol. The second kappa shape index (κ2) is 4.22. The number of rotatable bonds is 1. The summed E-state index contributed by atoms with van der Waals surface area (Å²) in [6, 6.07) is 3.81. The smallest absolute Gasteiger partial charge is 0.157 e. The number of aromatic hydroxyl groups is 1. The monoisotopic (exact) mass is 252 g/mol. The van der Waals surface area contributed by atoms with Crippen LogP contribution >= 0.6 is 11.6 Å². The topological polar surface area (TPSA) is 35.8 Å². The first-order valence-corrected chi connectivity index (χ1v) is 6.07. The second-order valence-corrected chi connectivity index (χ2v) is 5.70. The number of benzene rings is 1. The van der Waals surface area contributed by atoms with Crippen LogP contribution in [0.2, 0.25) is 5.02 Å². The van der Waals surface area contributed by atoms with E-state index in [9.17, 15) is 5.11 Å². The Balaban J connectivity index is 2.50. The molecule has 92 valence electrons. The lowest BCUT2D eigenvalue weighted by atomic mass is 9.86. The Kier molecular flexibility index (Phi) is 3.04. The Morgan fingerprint density at radius 1 is 1.35 bits per heavy atom.